The van der Waals surface area contributed by atoms with Crippen LogP contribution in [0.15, 0.2) is 28.7 Å². The maximum atomic E-state index is 5.61. The molecule has 1 rings (SSSR count). The number of para-hydroxylation sites is 1. The molecule has 0 heterocycles. The molecule has 0 aromatic heterocycles. The van der Waals surface area contributed by atoms with Gasteiger partial charge in [0.1, 0.15) is 5.75 Å². The Hall–Kier alpha value is -0.540. The molecule has 14 heavy (non-hydrogen) atoms. The fourth-order valence-corrected chi connectivity index (χ4v) is 1.52. The third-order valence-electron chi connectivity index (χ3n) is 1.84. The topological polar surface area (TPSA) is 12.5 Å². The van der Waals surface area contributed by atoms with Crippen LogP contribution in [0.2, 0.25) is 0 Å². The molecule has 0 saturated carbocycles. The summed E-state index contributed by atoms with van der Waals surface area (Å²) in [6.45, 7) is 1.82. The molecule has 0 bridgehead atoms. The van der Waals surface area contributed by atoms with Crippen LogP contribution in [0.25, 0.3) is 0 Å². The van der Waals surface area contributed by atoms with Crippen molar-refractivity contribution in [3.05, 3.63) is 28.7 Å². The molecule has 0 atom stereocenters. The Balaban J connectivity index is 2.28. The van der Waals surface area contributed by atoms with Gasteiger partial charge in [-0.15, -0.1) is 0 Å². The van der Waals surface area contributed by atoms with Crippen molar-refractivity contribution in [1.82, 2.24) is 4.90 Å². The summed E-state index contributed by atoms with van der Waals surface area (Å²) in [7, 11) is 4.14. The minimum absolute atomic E-state index is 0.765. The zero-order valence-corrected chi connectivity index (χ0v) is 10.3. The van der Waals surface area contributed by atoms with E-state index in [9.17, 15) is 0 Å². The van der Waals surface area contributed by atoms with Gasteiger partial charge in [0.05, 0.1) is 11.1 Å². The molecular weight excluding hydrogens is 242 g/mol. The van der Waals surface area contributed by atoms with E-state index in [1.165, 1.54) is 0 Å². The predicted molar refractivity (Wildman–Crippen MR) is 62.8 cm³/mol. The molecular formula is C11H16BrNO. The van der Waals surface area contributed by atoms with E-state index in [2.05, 4.69) is 34.9 Å². The summed E-state index contributed by atoms with van der Waals surface area (Å²) in [5.74, 6) is 0.922. The van der Waals surface area contributed by atoms with Crippen LogP contribution in [0.4, 0.5) is 0 Å². The van der Waals surface area contributed by atoms with Crippen molar-refractivity contribution in [2.75, 3.05) is 27.2 Å². The highest BCUT2D eigenvalue weighted by atomic mass is 79.9. The maximum absolute atomic E-state index is 5.61. The number of nitrogens with zero attached hydrogens (tertiary/aromatic N) is 1. The first-order valence-corrected chi connectivity index (χ1v) is 5.51. The van der Waals surface area contributed by atoms with E-state index in [1.54, 1.807) is 0 Å². The Labute approximate surface area is 94.0 Å². The van der Waals surface area contributed by atoms with Gasteiger partial charge in [0.15, 0.2) is 0 Å². The Kier molecular flexibility index (Phi) is 4.98. The number of rotatable bonds is 5. The lowest BCUT2D eigenvalue weighted by molar-refractivity contribution is 0.280. The van der Waals surface area contributed by atoms with Gasteiger partial charge in [-0.1, -0.05) is 12.1 Å². The monoisotopic (exact) mass is 257 g/mol. The molecule has 3 heteroatoms. The third-order valence-corrected chi connectivity index (χ3v) is 2.50. The minimum atomic E-state index is 0.765. The number of halogens is 1. The van der Waals surface area contributed by atoms with Gasteiger partial charge in [0.25, 0.3) is 0 Å². The van der Waals surface area contributed by atoms with E-state index >= 15 is 0 Å². The molecule has 1 aromatic rings. The van der Waals surface area contributed by atoms with Crippen molar-refractivity contribution in [2.45, 2.75) is 6.42 Å². The molecule has 0 radical (unpaired) electrons. The first-order chi connectivity index (χ1) is 6.70. The standard InChI is InChI=1S/C11H16BrNO/c1-13(2)8-5-9-14-11-7-4-3-6-10(11)12/h3-4,6-7H,5,8-9H2,1-2H3. The zero-order chi connectivity index (χ0) is 10.4. The second-order valence-electron chi connectivity index (χ2n) is 3.44. The Morgan fingerprint density at radius 1 is 1.29 bits per heavy atom. The molecule has 0 fully saturated rings. The highest BCUT2D eigenvalue weighted by Gasteiger charge is 1.98. The van der Waals surface area contributed by atoms with Crippen LogP contribution in [-0.2, 0) is 0 Å². The molecule has 0 N–H and O–H groups in total. The molecule has 0 aliphatic carbocycles. The first kappa shape index (κ1) is 11.5. The normalized spacial score (nSPS) is 10.6. The van der Waals surface area contributed by atoms with E-state index in [0.717, 1.165) is 29.8 Å². The van der Waals surface area contributed by atoms with Crippen LogP contribution in [-0.4, -0.2) is 32.1 Å². The van der Waals surface area contributed by atoms with E-state index in [1.807, 2.05) is 24.3 Å². The molecule has 0 unspecified atom stereocenters. The summed E-state index contributed by atoms with van der Waals surface area (Å²) in [5, 5.41) is 0. The van der Waals surface area contributed by atoms with Gasteiger partial charge < -0.3 is 9.64 Å². The average Bonchev–Trinajstić information content (AvgIpc) is 2.15. The summed E-state index contributed by atoms with van der Waals surface area (Å²) in [4.78, 5) is 2.16. The Bertz CT molecular complexity index is 276. The maximum Gasteiger partial charge on any atom is 0.133 e. The van der Waals surface area contributed by atoms with Crippen molar-refractivity contribution < 1.29 is 4.74 Å². The number of hydrogen-bond acceptors (Lipinski definition) is 2. The van der Waals surface area contributed by atoms with Gasteiger partial charge in [-0.05, 0) is 48.6 Å². The van der Waals surface area contributed by atoms with Gasteiger partial charge in [-0.3, -0.25) is 0 Å². The van der Waals surface area contributed by atoms with Gasteiger partial charge in [0, 0.05) is 6.54 Å². The number of hydrogen-bond donors (Lipinski definition) is 0. The molecule has 0 spiro atoms. The lowest BCUT2D eigenvalue weighted by Crippen LogP contribution is -2.15. The van der Waals surface area contributed by atoms with Crippen LogP contribution in [0.1, 0.15) is 6.42 Å². The summed E-state index contributed by atoms with van der Waals surface area (Å²) >= 11 is 3.44. The molecule has 0 saturated heterocycles. The van der Waals surface area contributed by atoms with Crippen LogP contribution in [0.5, 0.6) is 5.75 Å². The fraction of sp³-hybridized carbons (Fsp3) is 0.455. The largest absolute Gasteiger partial charge is 0.492 e. The molecule has 78 valence electrons. The zero-order valence-electron chi connectivity index (χ0n) is 8.66. The van der Waals surface area contributed by atoms with E-state index < -0.39 is 0 Å². The van der Waals surface area contributed by atoms with Gasteiger partial charge in [-0.25, -0.2) is 0 Å². The van der Waals surface area contributed by atoms with E-state index in [4.69, 9.17) is 4.74 Å². The van der Waals surface area contributed by atoms with Crippen LogP contribution in [0.3, 0.4) is 0 Å². The molecule has 1 aromatic carbocycles. The van der Waals surface area contributed by atoms with Crippen molar-refractivity contribution >= 4 is 15.9 Å². The highest BCUT2D eigenvalue weighted by Crippen LogP contribution is 2.23. The molecule has 2 nitrogen and oxygen atoms in total. The summed E-state index contributed by atoms with van der Waals surface area (Å²) in [6, 6.07) is 7.92. The van der Waals surface area contributed by atoms with E-state index in [-0.39, 0.29) is 0 Å². The molecule has 0 aliphatic heterocycles. The smallest absolute Gasteiger partial charge is 0.133 e. The lowest BCUT2D eigenvalue weighted by Gasteiger charge is -2.11. The van der Waals surface area contributed by atoms with Crippen molar-refractivity contribution in [3.63, 3.8) is 0 Å². The first-order valence-electron chi connectivity index (χ1n) is 4.72. The third kappa shape index (κ3) is 4.11. The summed E-state index contributed by atoms with van der Waals surface area (Å²) in [6.07, 6.45) is 1.05. The lowest BCUT2D eigenvalue weighted by atomic mass is 10.3. The van der Waals surface area contributed by atoms with Gasteiger partial charge in [0.2, 0.25) is 0 Å². The SMILES string of the molecule is CN(C)CCCOc1ccccc1Br. The molecule has 0 aliphatic rings. The summed E-state index contributed by atoms with van der Waals surface area (Å²) in [5.41, 5.74) is 0. The van der Waals surface area contributed by atoms with Crippen molar-refractivity contribution in [1.29, 1.82) is 0 Å². The van der Waals surface area contributed by atoms with Gasteiger partial charge >= 0.3 is 0 Å². The number of ether oxygens (including phenoxy) is 1. The highest BCUT2D eigenvalue weighted by molar-refractivity contribution is 9.10. The number of benzene rings is 1. The Morgan fingerprint density at radius 3 is 2.64 bits per heavy atom. The van der Waals surface area contributed by atoms with Crippen molar-refractivity contribution in [3.8, 4) is 5.75 Å². The minimum Gasteiger partial charge on any atom is -0.492 e. The van der Waals surface area contributed by atoms with Gasteiger partial charge in [-0.2, -0.15) is 0 Å². The quantitative estimate of drug-likeness (QED) is 0.753. The Morgan fingerprint density at radius 2 is 2.00 bits per heavy atom. The van der Waals surface area contributed by atoms with Crippen LogP contribution >= 0.6 is 15.9 Å². The second kappa shape index (κ2) is 6.04. The van der Waals surface area contributed by atoms with Crippen molar-refractivity contribution in [2.24, 2.45) is 0 Å². The summed E-state index contributed by atoms with van der Waals surface area (Å²) < 4.78 is 6.63. The second-order valence-corrected chi connectivity index (χ2v) is 4.29. The molecule has 0 amide bonds. The van der Waals surface area contributed by atoms with Crippen LogP contribution in [0, 0.1) is 0 Å². The predicted octanol–water partition coefficient (Wildman–Crippen LogP) is 2.78. The fourth-order valence-electron chi connectivity index (χ4n) is 1.12. The average molecular weight is 258 g/mol. The van der Waals surface area contributed by atoms with Crippen LogP contribution < -0.4 is 4.74 Å². The van der Waals surface area contributed by atoms with E-state index in [0.29, 0.717) is 0 Å².